The van der Waals surface area contributed by atoms with E-state index in [0.29, 0.717) is 12.2 Å². The van der Waals surface area contributed by atoms with Crippen molar-refractivity contribution >= 4 is 23.5 Å². The van der Waals surface area contributed by atoms with E-state index >= 15 is 0 Å². The number of benzene rings is 1. The third kappa shape index (κ3) is 9.41. The quantitative estimate of drug-likeness (QED) is 0.304. The van der Waals surface area contributed by atoms with Gasteiger partial charge in [-0.1, -0.05) is 30.3 Å². The summed E-state index contributed by atoms with van der Waals surface area (Å²) in [5.41, 5.74) is 6.08. The van der Waals surface area contributed by atoms with Crippen molar-refractivity contribution in [3.8, 4) is 11.3 Å². The molecule has 16 heteroatoms. The fourth-order valence-electron chi connectivity index (χ4n) is 4.87. The zero-order valence-corrected chi connectivity index (χ0v) is 23.6. The SMILES string of the molecule is C[NH+]1CCC(C[NH2+]Cc2ccc(-c3nc4cccc5n4c3CCNC5=O)cc2)CC1.O=C([O-])C(F)(F)F.O=C([O-])C(F)(F)F. The highest BCUT2D eigenvalue weighted by molar-refractivity contribution is 5.94. The number of rotatable bonds is 5. The summed E-state index contributed by atoms with van der Waals surface area (Å²) < 4.78 is 65.1. The van der Waals surface area contributed by atoms with E-state index in [1.54, 1.807) is 4.90 Å². The van der Waals surface area contributed by atoms with Crippen molar-refractivity contribution in [1.82, 2.24) is 14.7 Å². The van der Waals surface area contributed by atoms with Crippen LogP contribution in [0.3, 0.4) is 0 Å². The molecule has 44 heavy (non-hydrogen) atoms. The summed E-state index contributed by atoms with van der Waals surface area (Å²) in [6.07, 6.45) is -6.89. The Hall–Kier alpha value is -4.18. The van der Waals surface area contributed by atoms with E-state index in [0.717, 1.165) is 41.5 Å². The molecule has 0 unspecified atom stereocenters. The summed E-state index contributed by atoms with van der Waals surface area (Å²) in [4.78, 5) is 36.5. The summed E-state index contributed by atoms with van der Waals surface area (Å²) in [5.74, 6) is -5.17. The van der Waals surface area contributed by atoms with Crippen molar-refractivity contribution in [3.63, 3.8) is 0 Å². The number of carboxylic acid groups (broad SMARTS) is 2. The predicted molar refractivity (Wildman–Crippen MR) is 139 cm³/mol. The minimum Gasteiger partial charge on any atom is -0.542 e. The Morgan fingerprint density at radius 2 is 1.57 bits per heavy atom. The maximum absolute atomic E-state index is 12.3. The fraction of sp³-hybridized carbons (Fsp3) is 0.429. The molecule has 4 heterocycles. The molecule has 1 amide bonds. The Kier molecular flexibility index (Phi) is 11.3. The van der Waals surface area contributed by atoms with Crippen molar-refractivity contribution < 1.29 is 61.2 Å². The molecule has 10 nitrogen and oxygen atoms in total. The van der Waals surface area contributed by atoms with Crippen LogP contribution in [-0.2, 0) is 22.6 Å². The zero-order chi connectivity index (χ0) is 32.7. The molecule has 4 N–H and O–H groups in total. The standard InChI is InChI=1S/C24H29N5O.2C2HF3O2/c1-28-13-10-18(11-14-28)16-25-15-17-5-7-19(8-6-17)23-20-9-12-26-24(30)21-3-2-4-22(27-23)29(20)21;2*3-2(4,5)1(6)7/h2-8,18,25H,9-16H2,1H3,(H,26,30);2*(H,6,7). The van der Waals surface area contributed by atoms with E-state index in [1.165, 1.54) is 38.0 Å². The molecule has 2 aromatic heterocycles. The number of carbonyl (C=O) groups is 3. The number of nitrogens with two attached hydrogens (primary N) is 1. The molecular formula is C28H31F6N5O5. The first-order valence-corrected chi connectivity index (χ1v) is 13.6. The molecule has 0 atom stereocenters. The van der Waals surface area contributed by atoms with Gasteiger partial charge in [0.15, 0.2) is 0 Å². The van der Waals surface area contributed by atoms with Crippen molar-refractivity contribution in [2.45, 2.75) is 38.2 Å². The number of halogens is 6. The Morgan fingerprint density at radius 3 is 2.11 bits per heavy atom. The smallest absolute Gasteiger partial charge is 0.430 e. The highest BCUT2D eigenvalue weighted by atomic mass is 19.4. The van der Waals surface area contributed by atoms with Crippen LogP contribution in [0.5, 0.6) is 0 Å². The lowest BCUT2D eigenvalue weighted by molar-refractivity contribution is -0.887. The number of aromatic nitrogens is 2. The molecule has 3 aromatic rings. The third-order valence-corrected chi connectivity index (χ3v) is 7.15. The molecule has 1 fully saturated rings. The molecule has 0 saturated carbocycles. The molecular weight excluding hydrogens is 600 g/mol. The van der Waals surface area contributed by atoms with Gasteiger partial charge in [-0.15, -0.1) is 0 Å². The predicted octanol–water partition coefficient (Wildman–Crippen LogP) is -1.13. The number of imidazole rings is 1. The molecule has 5 rings (SSSR count). The van der Waals surface area contributed by atoms with Crippen molar-refractivity contribution in [2.24, 2.45) is 5.92 Å². The van der Waals surface area contributed by atoms with Gasteiger partial charge in [-0.3, -0.25) is 9.20 Å². The topological polar surface area (TPSA) is 148 Å². The van der Waals surface area contributed by atoms with E-state index in [2.05, 4.69) is 41.9 Å². The van der Waals surface area contributed by atoms with E-state index < -0.39 is 24.3 Å². The van der Waals surface area contributed by atoms with Gasteiger partial charge in [-0.05, 0) is 12.1 Å². The normalized spacial score (nSPS) is 18.2. The van der Waals surface area contributed by atoms with Crippen LogP contribution in [0.25, 0.3) is 16.9 Å². The number of alkyl halides is 6. The van der Waals surface area contributed by atoms with Crippen LogP contribution in [0.1, 0.15) is 34.6 Å². The van der Waals surface area contributed by atoms with Crippen molar-refractivity contribution in [3.05, 3.63) is 59.4 Å². The van der Waals surface area contributed by atoms with Crippen LogP contribution in [0.4, 0.5) is 26.3 Å². The number of piperidine rings is 1. The number of nitrogens with zero attached hydrogens (tertiary/aromatic N) is 2. The molecule has 240 valence electrons. The Balaban J connectivity index is 0.000000317. The second-order valence-electron chi connectivity index (χ2n) is 10.4. The number of likely N-dealkylation sites (tertiary alicyclic amines) is 1. The molecule has 1 saturated heterocycles. The fourth-order valence-corrected chi connectivity index (χ4v) is 4.87. The average Bonchev–Trinajstić information content (AvgIpc) is 3.23. The van der Waals surface area contributed by atoms with E-state index in [9.17, 15) is 31.1 Å². The van der Waals surface area contributed by atoms with E-state index in [4.69, 9.17) is 24.8 Å². The summed E-state index contributed by atoms with van der Waals surface area (Å²) in [7, 11) is 2.30. The average molecular weight is 632 g/mol. The van der Waals surface area contributed by atoms with Crippen molar-refractivity contribution in [1.29, 1.82) is 0 Å². The first kappa shape index (κ1) is 34.3. The number of amides is 1. The largest absolute Gasteiger partial charge is 0.542 e. The lowest BCUT2D eigenvalue weighted by atomic mass is 9.97. The molecule has 0 radical (unpaired) electrons. The molecule has 0 bridgehead atoms. The van der Waals surface area contributed by atoms with E-state index in [1.807, 2.05) is 22.6 Å². The van der Waals surface area contributed by atoms with Gasteiger partial charge in [0.2, 0.25) is 0 Å². The maximum Gasteiger partial charge on any atom is 0.430 e. The van der Waals surface area contributed by atoms with Gasteiger partial charge in [0.05, 0.1) is 38.1 Å². The number of carboxylic acids is 2. The molecule has 2 aliphatic heterocycles. The highest BCUT2D eigenvalue weighted by Gasteiger charge is 2.29. The van der Waals surface area contributed by atoms with Gasteiger partial charge in [-0.25, -0.2) is 4.98 Å². The molecule has 1 aromatic carbocycles. The molecule has 2 aliphatic rings. The Bertz CT molecular complexity index is 1420. The second kappa shape index (κ2) is 14.5. The summed E-state index contributed by atoms with van der Waals surface area (Å²) in [6.45, 7) is 5.53. The number of nitrogens with one attached hydrogen (secondary N) is 2. The van der Waals surface area contributed by atoms with Crippen LogP contribution in [-0.4, -0.2) is 72.8 Å². The number of hydrogen-bond acceptors (Lipinski definition) is 6. The highest BCUT2D eigenvalue weighted by Crippen LogP contribution is 2.27. The third-order valence-electron chi connectivity index (χ3n) is 7.15. The van der Waals surface area contributed by atoms with Crippen LogP contribution < -0.4 is 25.7 Å². The van der Waals surface area contributed by atoms with Crippen LogP contribution in [0, 0.1) is 5.92 Å². The van der Waals surface area contributed by atoms with Crippen LogP contribution in [0.15, 0.2) is 42.5 Å². The maximum atomic E-state index is 12.3. The number of hydrogen-bond donors (Lipinski definition) is 3. The van der Waals surface area contributed by atoms with E-state index in [-0.39, 0.29) is 5.91 Å². The monoisotopic (exact) mass is 631 g/mol. The minimum absolute atomic E-state index is 0.0276. The summed E-state index contributed by atoms with van der Waals surface area (Å²) in [5, 5.41) is 23.0. The Morgan fingerprint density at radius 1 is 1.00 bits per heavy atom. The van der Waals surface area contributed by atoms with Gasteiger partial charge < -0.3 is 35.3 Å². The van der Waals surface area contributed by atoms with Gasteiger partial charge in [0.25, 0.3) is 5.91 Å². The summed E-state index contributed by atoms with van der Waals surface area (Å²) in [6, 6.07) is 14.6. The van der Waals surface area contributed by atoms with Gasteiger partial charge in [-0.2, -0.15) is 26.3 Å². The molecule has 0 spiro atoms. The number of aliphatic carboxylic acids is 2. The number of pyridine rings is 1. The first-order chi connectivity index (χ1) is 20.6. The van der Waals surface area contributed by atoms with Crippen LogP contribution >= 0.6 is 0 Å². The lowest BCUT2D eigenvalue weighted by Gasteiger charge is -2.25. The number of quaternary nitrogens is 2. The summed E-state index contributed by atoms with van der Waals surface area (Å²) >= 11 is 0. The van der Waals surface area contributed by atoms with Crippen LogP contribution in [0.2, 0.25) is 0 Å². The zero-order valence-electron chi connectivity index (χ0n) is 23.6. The molecule has 0 aliphatic carbocycles. The lowest BCUT2D eigenvalue weighted by Crippen LogP contribution is -3.10. The minimum atomic E-state index is -5.19. The van der Waals surface area contributed by atoms with Gasteiger partial charge in [0.1, 0.15) is 29.8 Å². The first-order valence-electron chi connectivity index (χ1n) is 13.6. The van der Waals surface area contributed by atoms with Gasteiger partial charge in [0, 0.05) is 42.9 Å². The second-order valence-corrected chi connectivity index (χ2v) is 10.4. The Labute approximate surface area is 247 Å². The van der Waals surface area contributed by atoms with Crippen molar-refractivity contribution in [2.75, 3.05) is 33.2 Å². The van der Waals surface area contributed by atoms with Gasteiger partial charge >= 0.3 is 12.4 Å². The number of carbonyl (C=O) groups excluding carboxylic acids is 3.